The lowest BCUT2D eigenvalue weighted by Gasteiger charge is -2.13. The lowest BCUT2D eigenvalue weighted by Crippen LogP contribution is -2.09. The Kier molecular flexibility index (Phi) is 5.49. The summed E-state index contributed by atoms with van der Waals surface area (Å²) in [4.78, 5) is 9.51. The minimum absolute atomic E-state index is 0.509. The van der Waals surface area contributed by atoms with Crippen LogP contribution in [-0.2, 0) is 6.42 Å². The van der Waals surface area contributed by atoms with E-state index in [1.165, 1.54) is 24.3 Å². The van der Waals surface area contributed by atoms with Crippen LogP contribution in [0.15, 0.2) is 6.07 Å². The number of anilines is 1. The number of nitrogens with one attached hydrogen (secondary N) is 1. The van der Waals surface area contributed by atoms with E-state index in [4.69, 9.17) is 9.97 Å². The molecule has 1 aliphatic rings. The van der Waals surface area contributed by atoms with Crippen molar-refractivity contribution in [3.8, 4) is 0 Å². The van der Waals surface area contributed by atoms with Crippen LogP contribution >= 0.6 is 11.8 Å². The molecule has 106 valence electrons. The summed E-state index contributed by atoms with van der Waals surface area (Å²) in [5, 5.41) is 3.92. The van der Waals surface area contributed by atoms with Gasteiger partial charge >= 0.3 is 0 Å². The Morgan fingerprint density at radius 3 is 2.89 bits per heavy atom. The third-order valence-corrected chi connectivity index (χ3v) is 4.56. The van der Waals surface area contributed by atoms with Crippen molar-refractivity contribution in [2.24, 2.45) is 5.92 Å². The van der Waals surface area contributed by atoms with Crippen molar-refractivity contribution in [1.82, 2.24) is 9.97 Å². The predicted molar refractivity (Wildman–Crippen MR) is 83.8 cm³/mol. The fourth-order valence-corrected chi connectivity index (χ4v) is 3.52. The summed E-state index contributed by atoms with van der Waals surface area (Å²) in [7, 11) is 0. The van der Waals surface area contributed by atoms with Gasteiger partial charge in [0.05, 0.1) is 5.25 Å². The number of nitrogens with zero attached hydrogens (tertiary/aromatic N) is 2. The first-order valence-corrected chi connectivity index (χ1v) is 8.47. The molecule has 4 heteroatoms. The van der Waals surface area contributed by atoms with Crippen LogP contribution in [0.4, 0.5) is 5.82 Å². The number of hydrogen-bond donors (Lipinski definition) is 1. The zero-order valence-corrected chi connectivity index (χ0v) is 13.1. The SMILES string of the molecule is CCCNc1cc(CC(C)C)nc(C2CCCS2)n1. The van der Waals surface area contributed by atoms with E-state index in [-0.39, 0.29) is 0 Å². The molecule has 1 saturated heterocycles. The molecule has 0 saturated carbocycles. The van der Waals surface area contributed by atoms with Gasteiger partial charge in [-0.25, -0.2) is 9.97 Å². The highest BCUT2D eigenvalue weighted by molar-refractivity contribution is 7.99. The maximum atomic E-state index is 4.79. The molecule has 1 aromatic heterocycles. The van der Waals surface area contributed by atoms with Crippen LogP contribution in [0.25, 0.3) is 0 Å². The number of aromatic nitrogens is 2. The monoisotopic (exact) mass is 279 g/mol. The molecule has 1 atom stereocenters. The molecule has 1 aromatic rings. The Labute approximate surface area is 121 Å². The summed E-state index contributed by atoms with van der Waals surface area (Å²) in [6.07, 6.45) is 4.68. The lowest BCUT2D eigenvalue weighted by molar-refractivity contribution is 0.628. The van der Waals surface area contributed by atoms with Crippen LogP contribution in [0.3, 0.4) is 0 Å². The van der Waals surface area contributed by atoms with Gasteiger partial charge in [-0.1, -0.05) is 20.8 Å². The summed E-state index contributed by atoms with van der Waals surface area (Å²) in [6.45, 7) is 7.64. The first kappa shape index (κ1) is 14.6. The number of hydrogen-bond acceptors (Lipinski definition) is 4. The molecule has 3 nitrogen and oxygen atoms in total. The predicted octanol–water partition coefficient (Wildman–Crippen LogP) is 4.07. The van der Waals surface area contributed by atoms with Gasteiger partial charge in [-0.3, -0.25) is 0 Å². The van der Waals surface area contributed by atoms with Gasteiger partial charge in [0.1, 0.15) is 11.6 Å². The van der Waals surface area contributed by atoms with Crippen LogP contribution in [0.2, 0.25) is 0 Å². The van der Waals surface area contributed by atoms with E-state index in [1.807, 2.05) is 11.8 Å². The molecule has 0 amide bonds. The third kappa shape index (κ3) is 4.37. The van der Waals surface area contributed by atoms with Crippen molar-refractivity contribution in [3.05, 3.63) is 17.6 Å². The van der Waals surface area contributed by atoms with E-state index >= 15 is 0 Å². The second-order valence-corrected chi connectivity index (χ2v) is 6.94. The minimum Gasteiger partial charge on any atom is -0.370 e. The van der Waals surface area contributed by atoms with Crippen LogP contribution < -0.4 is 5.32 Å². The highest BCUT2D eigenvalue weighted by Crippen LogP contribution is 2.38. The highest BCUT2D eigenvalue weighted by Gasteiger charge is 2.21. The van der Waals surface area contributed by atoms with E-state index in [0.717, 1.165) is 31.0 Å². The van der Waals surface area contributed by atoms with E-state index in [1.54, 1.807) is 0 Å². The van der Waals surface area contributed by atoms with Crippen molar-refractivity contribution < 1.29 is 0 Å². The Morgan fingerprint density at radius 2 is 2.26 bits per heavy atom. The second kappa shape index (κ2) is 7.13. The Bertz CT molecular complexity index is 400. The maximum Gasteiger partial charge on any atom is 0.143 e. The quantitative estimate of drug-likeness (QED) is 0.852. The molecule has 19 heavy (non-hydrogen) atoms. The molecule has 1 fully saturated rings. The van der Waals surface area contributed by atoms with E-state index in [2.05, 4.69) is 32.2 Å². The average molecular weight is 279 g/mol. The maximum absolute atomic E-state index is 4.79. The fraction of sp³-hybridized carbons (Fsp3) is 0.733. The minimum atomic E-state index is 0.509. The van der Waals surface area contributed by atoms with Crippen LogP contribution in [0.5, 0.6) is 0 Å². The molecule has 2 heterocycles. The summed E-state index contributed by atoms with van der Waals surface area (Å²) >= 11 is 2.00. The van der Waals surface area contributed by atoms with Crippen molar-refractivity contribution in [2.45, 2.75) is 51.7 Å². The van der Waals surface area contributed by atoms with Crippen LogP contribution in [0, 0.1) is 5.92 Å². The van der Waals surface area contributed by atoms with Crippen molar-refractivity contribution in [1.29, 1.82) is 0 Å². The molecule has 0 radical (unpaired) electrons. The summed E-state index contributed by atoms with van der Waals surface area (Å²) in [5.41, 5.74) is 1.19. The first-order valence-electron chi connectivity index (χ1n) is 7.42. The third-order valence-electron chi connectivity index (χ3n) is 3.19. The van der Waals surface area contributed by atoms with Gasteiger partial charge in [-0.2, -0.15) is 11.8 Å². The second-order valence-electron chi connectivity index (χ2n) is 5.63. The van der Waals surface area contributed by atoms with Gasteiger partial charge in [0.15, 0.2) is 0 Å². The van der Waals surface area contributed by atoms with E-state index in [0.29, 0.717) is 11.2 Å². The average Bonchev–Trinajstić information content (AvgIpc) is 2.89. The molecule has 1 N–H and O–H groups in total. The molecular weight excluding hydrogens is 254 g/mol. The number of thioether (sulfide) groups is 1. The zero-order valence-electron chi connectivity index (χ0n) is 12.3. The smallest absolute Gasteiger partial charge is 0.143 e. The van der Waals surface area contributed by atoms with Crippen molar-refractivity contribution in [2.75, 3.05) is 17.6 Å². The molecule has 0 bridgehead atoms. The fourth-order valence-electron chi connectivity index (χ4n) is 2.31. The lowest BCUT2D eigenvalue weighted by atomic mass is 10.1. The zero-order chi connectivity index (χ0) is 13.7. The standard InChI is InChI=1S/C15H25N3S/c1-4-7-16-14-10-12(9-11(2)3)17-15(18-14)13-6-5-8-19-13/h10-11,13H,4-9H2,1-3H3,(H,16,17,18). The Hall–Kier alpha value is -0.770. The molecule has 0 aromatic carbocycles. The van der Waals surface area contributed by atoms with Crippen molar-refractivity contribution >= 4 is 17.6 Å². The van der Waals surface area contributed by atoms with Gasteiger partial charge < -0.3 is 5.32 Å². The van der Waals surface area contributed by atoms with Gasteiger partial charge in [-0.05, 0) is 37.4 Å². The van der Waals surface area contributed by atoms with Gasteiger partial charge in [0.2, 0.25) is 0 Å². The van der Waals surface area contributed by atoms with Crippen LogP contribution in [0.1, 0.15) is 56.8 Å². The van der Waals surface area contributed by atoms with Crippen molar-refractivity contribution in [3.63, 3.8) is 0 Å². The van der Waals surface area contributed by atoms with E-state index in [9.17, 15) is 0 Å². The summed E-state index contributed by atoms with van der Waals surface area (Å²) in [6, 6.07) is 2.12. The number of rotatable bonds is 6. The Morgan fingerprint density at radius 1 is 1.42 bits per heavy atom. The van der Waals surface area contributed by atoms with Gasteiger partial charge in [0, 0.05) is 18.3 Å². The molecule has 0 aliphatic carbocycles. The van der Waals surface area contributed by atoms with Gasteiger partial charge in [-0.15, -0.1) is 0 Å². The molecule has 1 unspecified atom stereocenters. The molecule has 1 aliphatic heterocycles. The van der Waals surface area contributed by atoms with Crippen LogP contribution in [-0.4, -0.2) is 22.3 Å². The molecular formula is C15H25N3S. The molecule has 2 rings (SSSR count). The van der Waals surface area contributed by atoms with E-state index < -0.39 is 0 Å². The normalized spacial score (nSPS) is 19.1. The topological polar surface area (TPSA) is 37.8 Å². The van der Waals surface area contributed by atoms with Gasteiger partial charge in [0.25, 0.3) is 0 Å². The summed E-state index contributed by atoms with van der Waals surface area (Å²) < 4.78 is 0. The highest BCUT2D eigenvalue weighted by atomic mass is 32.2. The molecule has 0 spiro atoms. The Balaban J connectivity index is 2.19. The first-order chi connectivity index (χ1) is 9.19. The summed E-state index contributed by atoms with van der Waals surface area (Å²) in [5.74, 6) is 3.94. The largest absolute Gasteiger partial charge is 0.370 e.